The second-order valence-electron chi connectivity index (χ2n) is 21.3. The highest BCUT2D eigenvalue weighted by molar-refractivity contribution is 6.89. The van der Waals surface area contributed by atoms with Crippen molar-refractivity contribution in [2.45, 2.75) is 64.3 Å². The van der Waals surface area contributed by atoms with Crippen molar-refractivity contribution < 1.29 is 4.42 Å². The number of fused-ring (bicyclic) bond motifs is 3. The van der Waals surface area contributed by atoms with Gasteiger partial charge in [0.1, 0.15) is 11.2 Å². The Morgan fingerprint density at radius 3 is 1.16 bits per heavy atom. The SMILES string of the molecule is C[Si](C)(C)c1ccc(C(c2ccc(-c3ccc4oc5cccc(-c6nc(-c7ccccc7)nc(-c7ccccc7)n6)c5c4c3)cc2)(c2ccc([Si](C)(C)C)cc2)c2ccc([Si](C)(C)C)cc2)cc1. The van der Waals surface area contributed by atoms with Crippen LogP contribution >= 0.6 is 0 Å². The van der Waals surface area contributed by atoms with Gasteiger partial charge in [-0.15, -0.1) is 0 Å². The normalized spacial score (nSPS) is 12.5. The first-order chi connectivity index (χ1) is 32.6. The minimum absolute atomic E-state index is 0.562. The molecule has 7 heteroatoms. The highest BCUT2D eigenvalue weighted by atomic mass is 28.3. The topological polar surface area (TPSA) is 51.8 Å². The third kappa shape index (κ3) is 8.44. The van der Waals surface area contributed by atoms with Crippen LogP contribution in [0, 0.1) is 0 Å². The lowest BCUT2D eigenvalue weighted by molar-refractivity contribution is 0.669. The number of hydrogen-bond acceptors (Lipinski definition) is 4. The zero-order valence-corrected chi connectivity index (χ0v) is 43.7. The van der Waals surface area contributed by atoms with Crippen LogP contribution in [0.15, 0.2) is 199 Å². The van der Waals surface area contributed by atoms with E-state index in [1.807, 2.05) is 72.8 Å². The van der Waals surface area contributed by atoms with Gasteiger partial charge in [0.2, 0.25) is 0 Å². The highest BCUT2D eigenvalue weighted by Crippen LogP contribution is 2.46. The van der Waals surface area contributed by atoms with Crippen LogP contribution in [0.4, 0.5) is 0 Å². The number of hydrogen-bond donors (Lipinski definition) is 0. The zero-order chi connectivity index (χ0) is 47.4. The molecule has 0 saturated carbocycles. The van der Waals surface area contributed by atoms with Crippen molar-refractivity contribution in [2.75, 3.05) is 0 Å². The molecule has 0 unspecified atom stereocenters. The van der Waals surface area contributed by atoms with Gasteiger partial charge in [-0.3, -0.25) is 0 Å². The van der Waals surface area contributed by atoms with Crippen molar-refractivity contribution in [2.24, 2.45) is 0 Å². The Balaban J connectivity index is 1.13. The summed E-state index contributed by atoms with van der Waals surface area (Å²) in [5.74, 6) is 1.86. The molecule has 0 aliphatic heterocycles. The quantitative estimate of drug-likeness (QED) is 0.0958. The molecule has 0 atom stereocenters. The first-order valence-electron chi connectivity index (χ1n) is 23.8. The van der Waals surface area contributed by atoms with Gasteiger partial charge in [-0.25, -0.2) is 15.0 Å². The summed E-state index contributed by atoms with van der Waals surface area (Å²) < 4.78 is 6.57. The standard InChI is InChI=1S/C61H59N3OSi3/c1-66(2,3)50-34-28-47(29-35-50)61(48-30-36-51(37-31-48)67(4,5)6,49-32-38-52(39-33-49)68(7,8)9)46-26-23-42(24-27-46)45-25-40-55-54(41-45)57-53(21-16-22-56(57)65-55)60-63-58(43-17-12-10-13-18-43)62-59(64-60)44-19-14-11-15-20-44/h10-41H,1-9H3. The molecule has 0 bridgehead atoms. The van der Waals surface area contributed by atoms with Crippen LogP contribution in [-0.2, 0) is 5.41 Å². The van der Waals surface area contributed by atoms with Crippen molar-refractivity contribution in [3.63, 3.8) is 0 Å². The van der Waals surface area contributed by atoms with Crippen LogP contribution in [0.2, 0.25) is 58.9 Å². The molecule has 336 valence electrons. The van der Waals surface area contributed by atoms with E-state index in [4.69, 9.17) is 19.4 Å². The summed E-state index contributed by atoms with van der Waals surface area (Å²) in [6, 6.07) is 71.2. The molecular formula is C61H59N3OSi3. The second-order valence-corrected chi connectivity index (χ2v) is 36.6. The van der Waals surface area contributed by atoms with Gasteiger partial charge in [-0.05, 0) is 51.6 Å². The molecule has 10 rings (SSSR count). The lowest BCUT2D eigenvalue weighted by Crippen LogP contribution is -2.40. The maximum absolute atomic E-state index is 6.57. The third-order valence-corrected chi connectivity index (χ3v) is 19.8. The maximum atomic E-state index is 6.57. The van der Waals surface area contributed by atoms with E-state index in [9.17, 15) is 0 Å². The molecule has 0 N–H and O–H groups in total. The first-order valence-corrected chi connectivity index (χ1v) is 34.3. The minimum Gasteiger partial charge on any atom is -0.456 e. The van der Waals surface area contributed by atoms with Gasteiger partial charge in [0.25, 0.3) is 0 Å². The molecule has 0 amide bonds. The Kier molecular flexibility index (Phi) is 11.5. The van der Waals surface area contributed by atoms with Gasteiger partial charge in [-0.2, -0.15) is 0 Å². The summed E-state index contributed by atoms with van der Waals surface area (Å²) in [6.45, 7) is 21.9. The monoisotopic (exact) mass is 933 g/mol. The fourth-order valence-electron chi connectivity index (χ4n) is 9.70. The molecule has 0 aliphatic carbocycles. The highest BCUT2D eigenvalue weighted by Gasteiger charge is 2.39. The van der Waals surface area contributed by atoms with E-state index in [0.717, 1.165) is 49.8 Å². The van der Waals surface area contributed by atoms with E-state index in [1.54, 1.807) is 0 Å². The van der Waals surface area contributed by atoms with Gasteiger partial charge >= 0.3 is 0 Å². The Bertz CT molecular complexity index is 3200. The summed E-state index contributed by atoms with van der Waals surface area (Å²) in [5, 5.41) is 6.38. The molecule has 0 spiro atoms. The predicted molar refractivity (Wildman–Crippen MR) is 296 cm³/mol. The molecule has 0 aliphatic rings. The number of furan rings is 1. The molecule has 2 aromatic heterocycles. The number of benzene rings is 8. The predicted octanol–water partition coefficient (Wildman–Crippen LogP) is 14.5. The Hall–Kier alpha value is -6.78. The lowest BCUT2D eigenvalue weighted by atomic mass is 9.65. The van der Waals surface area contributed by atoms with Crippen molar-refractivity contribution in [3.8, 4) is 45.3 Å². The molecule has 2 heterocycles. The Morgan fingerprint density at radius 2 is 0.735 bits per heavy atom. The molecule has 0 saturated heterocycles. The van der Waals surface area contributed by atoms with Crippen LogP contribution in [0.25, 0.3) is 67.2 Å². The van der Waals surface area contributed by atoms with E-state index in [1.165, 1.54) is 37.8 Å². The number of aromatic nitrogens is 3. The zero-order valence-electron chi connectivity index (χ0n) is 40.7. The van der Waals surface area contributed by atoms with Crippen LogP contribution < -0.4 is 15.6 Å². The van der Waals surface area contributed by atoms with Gasteiger partial charge in [0.15, 0.2) is 17.5 Å². The van der Waals surface area contributed by atoms with Crippen LogP contribution in [0.3, 0.4) is 0 Å². The molecule has 0 fully saturated rings. The maximum Gasteiger partial charge on any atom is 0.164 e. The molecular weight excluding hydrogens is 875 g/mol. The Morgan fingerprint density at radius 1 is 0.338 bits per heavy atom. The van der Waals surface area contributed by atoms with Gasteiger partial charge in [0, 0.05) is 27.5 Å². The van der Waals surface area contributed by atoms with E-state index in [-0.39, 0.29) is 0 Å². The number of nitrogens with zero attached hydrogens (tertiary/aromatic N) is 3. The van der Waals surface area contributed by atoms with E-state index in [2.05, 4.69) is 180 Å². The van der Waals surface area contributed by atoms with Gasteiger partial charge in [0.05, 0.1) is 29.6 Å². The summed E-state index contributed by atoms with van der Waals surface area (Å²) >= 11 is 0. The molecule has 68 heavy (non-hydrogen) atoms. The molecule has 0 radical (unpaired) electrons. The minimum atomic E-state index is -1.55. The largest absolute Gasteiger partial charge is 0.456 e. The van der Waals surface area contributed by atoms with E-state index >= 15 is 0 Å². The van der Waals surface area contributed by atoms with Gasteiger partial charge < -0.3 is 4.42 Å². The van der Waals surface area contributed by atoms with Crippen molar-refractivity contribution >= 4 is 61.7 Å². The Labute approximate surface area is 404 Å². The third-order valence-electron chi connectivity index (χ3n) is 13.6. The fraction of sp³-hybridized carbons (Fsp3) is 0.164. The van der Waals surface area contributed by atoms with Crippen LogP contribution in [-0.4, -0.2) is 39.2 Å². The summed E-state index contributed by atoms with van der Waals surface area (Å²) in [4.78, 5) is 15.2. The summed E-state index contributed by atoms with van der Waals surface area (Å²) in [6.07, 6.45) is 0. The van der Waals surface area contributed by atoms with E-state index in [0.29, 0.717) is 17.5 Å². The molecule has 4 nitrogen and oxygen atoms in total. The van der Waals surface area contributed by atoms with E-state index < -0.39 is 29.6 Å². The first kappa shape index (κ1) is 45.0. The van der Waals surface area contributed by atoms with Crippen molar-refractivity contribution in [3.05, 3.63) is 216 Å². The average Bonchev–Trinajstić information content (AvgIpc) is 3.73. The van der Waals surface area contributed by atoms with Gasteiger partial charge in [-0.1, -0.05) is 250 Å². The molecule has 8 aromatic carbocycles. The summed E-state index contributed by atoms with van der Waals surface area (Å²) in [5.41, 5.74) is 11.1. The van der Waals surface area contributed by atoms with Crippen LogP contribution in [0.1, 0.15) is 22.3 Å². The smallest absolute Gasteiger partial charge is 0.164 e. The average molecular weight is 934 g/mol. The van der Waals surface area contributed by atoms with Crippen molar-refractivity contribution in [1.82, 2.24) is 15.0 Å². The second kappa shape index (κ2) is 17.4. The lowest BCUT2D eigenvalue weighted by Gasteiger charge is -2.38. The van der Waals surface area contributed by atoms with Crippen molar-refractivity contribution in [1.29, 1.82) is 0 Å². The van der Waals surface area contributed by atoms with Crippen LogP contribution in [0.5, 0.6) is 0 Å². The summed E-state index contributed by atoms with van der Waals surface area (Å²) in [7, 11) is -4.65. The fourth-order valence-corrected chi connectivity index (χ4v) is 13.2. The molecule has 10 aromatic rings. The number of rotatable bonds is 11.